The number of ether oxygens (including phenoxy) is 1. The van der Waals surface area contributed by atoms with Gasteiger partial charge in [-0.3, -0.25) is 4.98 Å². The Labute approximate surface area is 130 Å². The van der Waals surface area contributed by atoms with Crippen LogP contribution in [0.5, 0.6) is 0 Å². The number of nitrogens with zero attached hydrogens (tertiary/aromatic N) is 2. The number of para-hydroxylation sites is 1. The summed E-state index contributed by atoms with van der Waals surface area (Å²) >= 11 is 0. The number of pyridine rings is 1. The Morgan fingerprint density at radius 1 is 1.32 bits per heavy atom. The molecule has 1 aromatic heterocycles. The molecule has 0 radical (unpaired) electrons. The fourth-order valence-electron chi connectivity index (χ4n) is 2.71. The minimum atomic E-state index is -0.495. The standard InChI is InChI=1S/C17H21N3O2/c1-17(2,3)22-16(21)20-9-8-14-12(10-20)15(18)11-6-4-5-7-13(11)19-14/h4-7H,8-10H2,1-3H3,(H2,18,19). The lowest BCUT2D eigenvalue weighted by Gasteiger charge is -2.31. The van der Waals surface area contributed by atoms with E-state index in [1.165, 1.54) is 0 Å². The summed E-state index contributed by atoms with van der Waals surface area (Å²) in [6.45, 7) is 6.66. The van der Waals surface area contributed by atoms with Crippen molar-refractivity contribution < 1.29 is 9.53 Å². The Balaban J connectivity index is 1.92. The molecular formula is C17H21N3O2. The van der Waals surface area contributed by atoms with Crippen molar-refractivity contribution in [1.29, 1.82) is 0 Å². The molecule has 5 nitrogen and oxygen atoms in total. The molecule has 0 unspecified atom stereocenters. The highest BCUT2D eigenvalue weighted by Crippen LogP contribution is 2.30. The van der Waals surface area contributed by atoms with Gasteiger partial charge >= 0.3 is 6.09 Å². The number of amides is 1. The van der Waals surface area contributed by atoms with Crippen molar-refractivity contribution in [3.63, 3.8) is 0 Å². The first-order valence-electron chi connectivity index (χ1n) is 7.49. The number of hydrogen-bond donors (Lipinski definition) is 1. The van der Waals surface area contributed by atoms with Gasteiger partial charge in [-0.05, 0) is 26.8 Å². The van der Waals surface area contributed by atoms with Gasteiger partial charge in [0.05, 0.1) is 12.1 Å². The largest absolute Gasteiger partial charge is 0.444 e. The minimum absolute atomic E-state index is 0.300. The maximum atomic E-state index is 12.2. The van der Waals surface area contributed by atoms with Gasteiger partial charge in [0.15, 0.2) is 0 Å². The van der Waals surface area contributed by atoms with E-state index in [-0.39, 0.29) is 6.09 Å². The molecule has 22 heavy (non-hydrogen) atoms. The predicted octanol–water partition coefficient (Wildman–Crippen LogP) is 3.11. The highest BCUT2D eigenvalue weighted by atomic mass is 16.6. The van der Waals surface area contributed by atoms with Crippen LogP contribution in [0.3, 0.4) is 0 Å². The molecule has 0 bridgehead atoms. The van der Waals surface area contributed by atoms with E-state index in [1.807, 2.05) is 45.0 Å². The molecule has 0 saturated carbocycles. The lowest BCUT2D eigenvalue weighted by molar-refractivity contribution is 0.0223. The zero-order chi connectivity index (χ0) is 15.9. The summed E-state index contributed by atoms with van der Waals surface area (Å²) < 4.78 is 5.45. The van der Waals surface area contributed by atoms with Crippen LogP contribution >= 0.6 is 0 Å². The van der Waals surface area contributed by atoms with E-state index in [9.17, 15) is 4.79 Å². The van der Waals surface area contributed by atoms with E-state index < -0.39 is 5.60 Å². The predicted molar refractivity (Wildman–Crippen MR) is 86.5 cm³/mol. The van der Waals surface area contributed by atoms with E-state index >= 15 is 0 Å². The van der Waals surface area contributed by atoms with Crippen molar-refractivity contribution >= 4 is 22.7 Å². The summed E-state index contributed by atoms with van der Waals surface area (Å²) in [7, 11) is 0. The fourth-order valence-corrected chi connectivity index (χ4v) is 2.71. The first kappa shape index (κ1) is 14.6. The van der Waals surface area contributed by atoms with Gasteiger partial charge in [0.1, 0.15) is 5.60 Å². The summed E-state index contributed by atoms with van der Waals surface area (Å²) in [5, 5.41) is 0.937. The fraction of sp³-hybridized carbons (Fsp3) is 0.412. The molecule has 0 saturated heterocycles. The van der Waals surface area contributed by atoms with E-state index in [0.29, 0.717) is 25.2 Å². The molecule has 0 atom stereocenters. The molecule has 1 amide bonds. The van der Waals surface area contributed by atoms with Crippen LogP contribution in [-0.4, -0.2) is 28.1 Å². The van der Waals surface area contributed by atoms with Gasteiger partial charge in [0.2, 0.25) is 0 Å². The van der Waals surface area contributed by atoms with Crippen molar-refractivity contribution in [3.05, 3.63) is 35.5 Å². The highest BCUT2D eigenvalue weighted by molar-refractivity contribution is 5.92. The topological polar surface area (TPSA) is 68.5 Å². The zero-order valence-electron chi connectivity index (χ0n) is 13.2. The normalized spacial score (nSPS) is 14.8. The first-order valence-corrected chi connectivity index (χ1v) is 7.49. The van der Waals surface area contributed by atoms with Gasteiger partial charge in [-0.1, -0.05) is 18.2 Å². The molecule has 1 aliphatic heterocycles. The summed E-state index contributed by atoms with van der Waals surface area (Å²) in [6, 6.07) is 7.83. The number of hydrogen-bond acceptors (Lipinski definition) is 4. The molecule has 5 heteroatoms. The number of anilines is 1. The average molecular weight is 299 g/mol. The molecule has 0 spiro atoms. The van der Waals surface area contributed by atoms with Crippen LogP contribution in [0.15, 0.2) is 24.3 Å². The number of nitrogens with two attached hydrogens (primary N) is 1. The van der Waals surface area contributed by atoms with Crippen molar-refractivity contribution in [2.75, 3.05) is 12.3 Å². The van der Waals surface area contributed by atoms with E-state index in [2.05, 4.69) is 4.98 Å². The molecule has 2 aromatic rings. The van der Waals surface area contributed by atoms with Crippen LogP contribution in [0.4, 0.5) is 10.5 Å². The maximum Gasteiger partial charge on any atom is 0.410 e. The van der Waals surface area contributed by atoms with Crippen LogP contribution in [0, 0.1) is 0 Å². The maximum absolute atomic E-state index is 12.2. The first-order chi connectivity index (χ1) is 10.3. The van der Waals surface area contributed by atoms with Crippen LogP contribution < -0.4 is 5.73 Å². The molecular weight excluding hydrogens is 278 g/mol. The lowest BCUT2D eigenvalue weighted by atomic mass is 10.0. The lowest BCUT2D eigenvalue weighted by Crippen LogP contribution is -2.40. The third-order valence-corrected chi connectivity index (χ3v) is 3.74. The van der Waals surface area contributed by atoms with Crippen LogP contribution in [-0.2, 0) is 17.7 Å². The summed E-state index contributed by atoms with van der Waals surface area (Å²) in [5.74, 6) is 0. The Morgan fingerprint density at radius 2 is 2.05 bits per heavy atom. The van der Waals surface area contributed by atoms with Crippen molar-refractivity contribution in [2.45, 2.75) is 39.3 Å². The number of aromatic nitrogens is 1. The second-order valence-corrected chi connectivity index (χ2v) is 6.62. The molecule has 1 aliphatic rings. The minimum Gasteiger partial charge on any atom is -0.444 e. The molecule has 2 heterocycles. The van der Waals surface area contributed by atoms with Gasteiger partial charge in [0, 0.05) is 35.3 Å². The zero-order valence-corrected chi connectivity index (χ0v) is 13.2. The van der Waals surface area contributed by atoms with Crippen molar-refractivity contribution in [3.8, 4) is 0 Å². The molecule has 3 rings (SSSR count). The Morgan fingerprint density at radius 3 is 2.77 bits per heavy atom. The number of nitrogen functional groups attached to an aromatic ring is 1. The number of rotatable bonds is 0. The van der Waals surface area contributed by atoms with Gasteiger partial charge in [-0.25, -0.2) is 4.79 Å². The molecule has 116 valence electrons. The molecule has 0 aliphatic carbocycles. The second-order valence-electron chi connectivity index (χ2n) is 6.62. The summed E-state index contributed by atoms with van der Waals surface area (Å²) in [6.07, 6.45) is 0.398. The Kier molecular flexibility index (Phi) is 3.43. The van der Waals surface area contributed by atoms with Gasteiger partial charge in [-0.2, -0.15) is 0 Å². The Hall–Kier alpha value is -2.30. The van der Waals surface area contributed by atoms with Crippen LogP contribution in [0.25, 0.3) is 10.9 Å². The van der Waals surface area contributed by atoms with Crippen molar-refractivity contribution in [2.24, 2.45) is 0 Å². The SMILES string of the molecule is CC(C)(C)OC(=O)N1CCc2nc3ccccc3c(N)c2C1. The third kappa shape index (κ3) is 2.71. The van der Waals surface area contributed by atoms with Gasteiger partial charge in [0.25, 0.3) is 0 Å². The molecule has 1 aromatic carbocycles. The number of fused-ring (bicyclic) bond motifs is 2. The number of benzene rings is 1. The van der Waals surface area contributed by atoms with Crippen LogP contribution in [0.2, 0.25) is 0 Å². The van der Waals surface area contributed by atoms with E-state index in [4.69, 9.17) is 10.5 Å². The van der Waals surface area contributed by atoms with Gasteiger partial charge in [-0.15, -0.1) is 0 Å². The molecule has 0 fully saturated rings. The third-order valence-electron chi connectivity index (χ3n) is 3.74. The van der Waals surface area contributed by atoms with E-state index in [1.54, 1.807) is 4.90 Å². The van der Waals surface area contributed by atoms with Crippen molar-refractivity contribution in [1.82, 2.24) is 9.88 Å². The van der Waals surface area contributed by atoms with Gasteiger partial charge < -0.3 is 15.4 Å². The average Bonchev–Trinajstić information content (AvgIpc) is 2.45. The van der Waals surface area contributed by atoms with E-state index in [0.717, 1.165) is 22.2 Å². The quantitative estimate of drug-likeness (QED) is 0.811. The highest BCUT2D eigenvalue weighted by Gasteiger charge is 2.28. The number of carbonyl (C=O) groups excluding carboxylic acids is 1. The smallest absolute Gasteiger partial charge is 0.410 e. The molecule has 2 N–H and O–H groups in total. The summed E-state index contributed by atoms with van der Waals surface area (Å²) in [5.41, 5.74) is 9.36. The monoisotopic (exact) mass is 299 g/mol. The summed E-state index contributed by atoms with van der Waals surface area (Å²) in [4.78, 5) is 18.6. The second kappa shape index (κ2) is 5.16. The van der Waals surface area contributed by atoms with Crippen LogP contribution in [0.1, 0.15) is 32.0 Å². The Bertz CT molecular complexity index is 734. The number of carbonyl (C=O) groups is 1.